The Balaban J connectivity index is 1.19. The van der Waals surface area contributed by atoms with Crippen LogP contribution in [0.4, 0.5) is 0 Å². The van der Waals surface area contributed by atoms with Crippen molar-refractivity contribution in [2.75, 3.05) is 25.4 Å². The molecule has 0 spiro atoms. The Labute approximate surface area is 244 Å². The van der Waals surface area contributed by atoms with E-state index in [4.69, 9.17) is 11.6 Å². The number of carbonyl (C=O) groups excluding carboxylic acids is 2. The predicted molar refractivity (Wildman–Crippen MR) is 160 cm³/mol. The predicted octanol–water partition coefficient (Wildman–Crippen LogP) is 6.14. The minimum absolute atomic E-state index is 0.0189. The zero-order chi connectivity index (χ0) is 28.1. The highest BCUT2D eigenvalue weighted by Gasteiger charge is 2.30. The van der Waals surface area contributed by atoms with Crippen molar-refractivity contribution in [2.24, 2.45) is 0 Å². The van der Waals surface area contributed by atoms with Crippen molar-refractivity contribution in [3.63, 3.8) is 0 Å². The van der Waals surface area contributed by atoms with Crippen molar-refractivity contribution in [1.82, 2.24) is 24.6 Å². The first-order chi connectivity index (χ1) is 19.4. The topological polar surface area (TPSA) is 71.3 Å². The first kappa shape index (κ1) is 27.9. The van der Waals surface area contributed by atoms with Crippen LogP contribution in [0.2, 0.25) is 5.02 Å². The molecule has 3 aromatic carbocycles. The number of carbonyl (C=O) groups is 2. The Hall–Kier alpha value is -3.62. The number of thioether (sulfide) groups is 1. The summed E-state index contributed by atoms with van der Waals surface area (Å²) in [6, 6.07) is 25.1. The number of aromatic nitrogens is 3. The third kappa shape index (κ3) is 6.40. The van der Waals surface area contributed by atoms with E-state index in [1.54, 1.807) is 11.8 Å². The fraction of sp³-hybridized carbons (Fsp3) is 0.290. The normalized spacial score (nSPS) is 15.3. The number of benzene rings is 3. The number of aryl methyl sites for hydroxylation is 1. The summed E-state index contributed by atoms with van der Waals surface area (Å²) < 4.78 is 2.02. The Morgan fingerprint density at radius 3 is 2.48 bits per heavy atom. The SMILES string of the molecule is Cc1ccc(-c2nnc(SCCCC(=O)N3CCN(C(=O)c4ccccc4)C(C)C3)n2-c2cccc(Cl)c2)cc1. The fourth-order valence-corrected chi connectivity index (χ4v) is 5.95. The standard InChI is InChI=1S/C31H32ClN5O2S/c1-22-13-15-24(16-14-22)29-33-34-31(37(29)27-11-6-10-26(32)20-27)40-19-7-12-28(38)35-17-18-36(23(2)21-35)30(39)25-8-4-3-5-9-25/h3-6,8-11,13-16,20,23H,7,12,17-19,21H2,1-2H3. The molecular weight excluding hydrogens is 542 g/mol. The molecule has 1 fully saturated rings. The molecule has 0 radical (unpaired) electrons. The van der Waals surface area contributed by atoms with Gasteiger partial charge in [-0.3, -0.25) is 14.2 Å². The second kappa shape index (κ2) is 12.7. The molecule has 5 rings (SSSR count). The molecule has 7 nitrogen and oxygen atoms in total. The smallest absolute Gasteiger partial charge is 0.254 e. The third-order valence-electron chi connectivity index (χ3n) is 7.04. The summed E-state index contributed by atoms with van der Waals surface area (Å²) in [5.74, 6) is 1.61. The first-order valence-corrected chi connectivity index (χ1v) is 14.8. The molecule has 0 N–H and O–H groups in total. The minimum atomic E-state index is -0.0313. The van der Waals surface area contributed by atoms with Crippen LogP contribution in [0.5, 0.6) is 0 Å². The van der Waals surface area contributed by atoms with Crippen LogP contribution in [0.3, 0.4) is 0 Å². The van der Waals surface area contributed by atoms with E-state index in [1.807, 2.05) is 88.0 Å². The fourth-order valence-electron chi connectivity index (χ4n) is 4.88. The van der Waals surface area contributed by atoms with Crippen LogP contribution in [0.1, 0.15) is 35.7 Å². The molecule has 9 heteroatoms. The van der Waals surface area contributed by atoms with E-state index in [0.29, 0.717) is 43.1 Å². The van der Waals surface area contributed by atoms with E-state index in [1.165, 1.54) is 5.56 Å². The molecule has 1 aromatic heterocycles. The van der Waals surface area contributed by atoms with E-state index >= 15 is 0 Å². The van der Waals surface area contributed by atoms with Gasteiger partial charge in [-0.1, -0.05) is 77.5 Å². The second-order valence-corrected chi connectivity index (χ2v) is 11.5. The van der Waals surface area contributed by atoms with Crippen LogP contribution in [0.25, 0.3) is 17.1 Å². The van der Waals surface area contributed by atoms with Crippen molar-refractivity contribution in [3.8, 4) is 17.1 Å². The van der Waals surface area contributed by atoms with Crippen molar-refractivity contribution >= 4 is 35.2 Å². The number of piperazine rings is 1. The number of rotatable bonds is 8. The summed E-state index contributed by atoms with van der Waals surface area (Å²) in [5, 5.41) is 10.4. The molecular formula is C31H32ClN5O2S. The maximum atomic E-state index is 13.0. The summed E-state index contributed by atoms with van der Waals surface area (Å²) in [6.45, 7) is 5.70. The Morgan fingerprint density at radius 2 is 1.75 bits per heavy atom. The molecule has 0 bridgehead atoms. The molecule has 2 amide bonds. The van der Waals surface area contributed by atoms with E-state index < -0.39 is 0 Å². The zero-order valence-corrected chi connectivity index (χ0v) is 24.2. The number of hydrogen-bond acceptors (Lipinski definition) is 5. The van der Waals surface area contributed by atoms with Gasteiger partial charge in [0.05, 0.1) is 5.69 Å². The van der Waals surface area contributed by atoms with Gasteiger partial charge in [-0.2, -0.15) is 0 Å². The van der Waals surface area contributed by atoms with Gasteiger partial charge in [-0.15, -0.1) is 10.2 Å². The van der Waals surface area contributed by atoms with Gasteiger partial charge in [-0.05, 0) is 50.6 Å². The molecule has 4 aromatic rings. The van der Waals surface area contributed by atoms with Gasteiger partial charge in [0.25, 0.3) is 5.91 Å². The van der Waals surface area contributed by atoms with Gasteiger partial charge < -0.3 is 9.80 Å². The number of nitrogens with zero attached hydrogens (tertiary/aromatic N) is 5. The van der Waals surface area contributed by atoms with Gasteiger partial charge in [0.15, 0.2) is 11.0 Å². The molecule has 2 heterocycles. The maximum Gasteiger partial charge on any atom is 0.254 e. The summed E-state index contributed by atoms with van der Waals surface area (Å²) >= 11 is 7.89. The van der Waals surface area contributed by atoms with Gasteiger partial charge in [-0.25, -0.2) is 0 Å². The monoisotopic (exact) mass is 573 g/mol. The average Bonchev–Trinajstić information content (AvgIpc) is 3.39. The molecule has 40 heavy (non-hydrogen) atoms. The quantitative estimate of drug-likeness (QED) is 0.187. The molecule has 1 aliphatic rings. The molecule has 1 unspecified atom stereocenters. The van der Waals surface area contributed by atoms with Gasteiger partial charge >= 0.3 is 0 Å². The Morgan fingerprint density at radius 1 is 0.975 bits per heavy atom. The number of halogens is 1. The van der Waals surface area contributed by atoms with Crippen molar-refractivity contribution < 1.29 is 9.59 Å². The molecule has 1 aliphatic heterocycles. The zero-order valence-electron chi connectivity index (χ0n) is 22.7. The minimum Gasteiger partial charge on any atom is -0.339 e. The summed E-state index contributed by atoms with van der Waals surface area (Å²) in [7, 11) is 0. The van der Waals surface area contributed by atoms with Crippen LogP contribution in [0, 0.1) is 6.92 Å². The second-order valence-electron chi connectivity index (χ2n) is 9.99. The summed E-state index contributed by atoms with van der Waals surface area (Å²) in [4.78, 5) is 29.6. The van der Waals surface area contributed by atoms with Crippen molar-refractivity contribution in [1.29, 1.82) is 0 Å². The van der Waals surface area contributed by atoms with Crippen molar-refractivity contribution in [3.05, 3.63) is 95.0 Å². The Bertz CT molecular complexity index is 1470. The summed E-state index contributed by atoms with van der Waals surface area (Å²) in [5.41, 5.74) is 3.72. The van der Waals surface area contributed by atoms with E-state index in [2.05, 4.69) is 29.3 Å². The first-order valence-electron chi connectivity index (χ1n) is 13.5. The average molecular weight is 574 g/mol. The Kier molecular flexibility index (Phi) is 8.87. The van der Waals surface area contributed by atoms with Crippen LogP contribution in [0.15, 0.2) is 84.0 Å². The molecule has 0 saturated carbocycles. The van der Waals surface area contributed by atoms with Crippen LogP contribution < -0.4 is 0 Å². The lowest BCUT2D eigenvalue weighted by Gasteiger charge is -2.40. The maximum absolute atomic E-state index is 13.0. The van der Waals surface area contributed by atoms with Crippen LogP contribution in [-0.2, 0) is 4.79 Å². The number of hydrogen-bond donors (Lipinski definition) is 0. The van der Waals surface area contributed by atoms with E-state index in [0.717, 1.165) is 28.0 Å². The van der Waals surface area contributed by atoms with E-state index in [9.17, 15) is 9.59 Å². The highest BCUT2D eigenvalue weighted by Crippen LogP contribution is 2.30. The molecule has 1 atom stereocenters. The lowest BCUT2D eigenvalue weighted by atomic mass is 10.1. The molecule has 0 aliphatic carbocycles. The third-order valence-corrected chi connectivity index (χ3v) is 8.29. The lowest BCUT2D eigenvalue weighted by Crippen LogP contribution is -2.55. The number of amides is 2. The van der Waals surface area contributed by atoms with Gasteiger partial charge in [0.2, 0.25) is 5.91 Å². The molecule has 206 valence electrons. The van der Waals surface area contributed by atoms with Gasteiger partial charge in [0.1, 0.15) is 0 Å². The van der Waals surface area contributed by atoms with Crippen LogP contribution >= 0.6 is 23.4 Å². The van der Waals surface area contributed by atoms with E-state index in [-0.39, 0.29) is 17.9 Å². The largest absolute Gasteiger partial charge is 0.339 e. The summed E-state index contributed by atoms with van der Waals surface area (Å²) in [6.07, 6.45) is 1.16. The van der Waals surface area contributed by atoms with Crippen LogP contribution in [-0.4, -0.2) is 67.8 Å². The van der Waals surface area contributed by atoms with Gasteiger partial charge in [0, 0.05) is 54.0 Å². The van der Waals surface area contributed by atoms with Crippen molar-refractivity contribution in [2.45, 2.75) is 37.9 Å². The highest BCUT2D eigenvalue weighted by molar-refractivity contribution is 7.99. The highest BCUT2D eigenvalue weighted by atomic mass is 35.5. The lowest BCUT2D eigenvalue weighted by molar-refractivity contribution is -0.133. The molecule has 1 saturated heterocycles.